The number of nitrogens with one attached hydrogen (secondary N) is 1. The van der Waals surface area contributed by atoms with Crippen molar-refractivity contribution in [2.75, 3.05) is 6.54 Å². The molecule has 0 spiro atoms. The molecule has 1 saturated carbocycles. The molecule has 1 atom stereocenters. The third kappa shape index (κ3) is 4.84. The van der Waals surface area contributed by atoms with Gasteiger partial charge in [0.1, 0.15) is 5.82 Å². The molecule has 1 aromatic rings. The summed E-state index contributed by atoms with van der Waals surface area (Å²) in [6.45, 7) is 5.70. The van der Waals surface area contributed by atoms with Crippen LogP contribution in [0, 0.1) is 11.8 Å². The Labute approximate surface area is 130 Å². The first-order valence-corrected chi connectivity index (χ1v) is 8.94. The third-order valence-electron chi connectivity index (χ3n) is 5.14. The second-order valence-electron chi connectivity index (χ2n) is 6.79. The molecule has 2 rings (SSSR count). The topological polar surface area (TPSA) is 29.9 Å². The van der Waals surface area contributed by atoms with Crippen LogP contribution < -0.4 is 5.32 Å². The van der Waals surface area contributed by atoms with Gasteiger partial charge < -0.3 is 9.88 Å². The number of rotatable bonds is 8. The van der Waals surface area contributed by atoms with Crippen LogP contribution in [0.25, 0.3) is 0 Å². The Kier molecular flexibility index (Phi) is 6.75. The van der Waals surface area contributed by atoms with Crippen molar-refractivity contribution in [2.45, 2.75) is 71.3 Å². The van der Waals surface area contributed by atoms with Crippen LogP contribution in [0.15, 0.2) is 12.4 Å². The van der Waals surface area contributed by atoms with Gasteiger partial charge in [-0.1, -0.05) is 39.5 Å². The van der Waals surface area contributed by atoms with Gasteiger partial charge in [0.2, 0.25) is 0 Å². The fourth-order valence-corrected chi connectivity index (χ4v) is 3.81. The molecule has 21 heavy (non-hydrogen) atoms. The molecular weight excluding hydrogens is 258 g/mol. The Morgan fingerprint density at radius 2 is 2.00 bits per heavy atom. The Hall–Kier alpha value is -0.830. The summed E-state index contributed by atoms with van der Waals surface area (Å²) in [6, 6.07) is 0.605. The van der Waals surface area contributed by atoms with Gasteiger partial charge in [0, 0.05) is 31.9 Å². The highest BCUT2D eigenvalue weighted by atomic mass is 15.0. The van der Waals surface area contributed by atoms with Crippen molar-refractivity contribution in [3.63, 3.8) is 0 Å². The third-order valence-corrected chi connectivity index (χ3v) is 5.14. The standard InChI is InChI=1S/C18H33N3/c1-4-6-15-7-9-16(10-8-15)17(19-11-5-2)14-18-20-12-13-21(18)3/h12-13,15-17,19H,4-11,14H2,1-3H3. The maximum Gasteiger partial charge on any atom is 0.109 e. The van der Waals surface area contributed by atoms with Crippen molar-refractivity contribution >= 4 is 0 Å². The number of hydrogen-bond donors (Lipinski definition) is 1. The zero-order chi connectivity index (χ0) is 15.1. The highest BCUT2D eigenvalue weighted by molar-refractivity contribution is 4.97. The van der Waals surface area contributed by atoms with Crippen LogP contribution in [0.5, 0.6) is 0 Å². The Morgan fingerprint density at radius 3 is 2.57 bits per heavy atom. The van der Waals surface area contributed by atoms with Crippen molar-refractivity contribution in [1.29, 1.82) is 0 Å². The molecule has 1 aliphatic carbocycles. The molecule has 0 amide bonds. The molecular formula is C18H33N3. The van der Waals surface area contributed by atoms with Gasteiger partial charge in [0.05, 0.1) is 0 Å². The van der Waals surface area contributed by atoms with Crippen molar-refractivity contribution < 1.29 is 0 Å². The van der Waals surface area contributed by atoms with Crippen LogP contribution in [0.4, 0.5) is 0 Å². The van der Waals surface area contributed by atoms with Crippen molar-refractivity contribution in [1.82, 2.24) is 14.9 Å². The van der Waals surface area contributed by atoms with E-state index in [2.05, 4.69) is 42.0 Å². The molecule has 1 unspecified atom stereocenters. The lowest BCUT2D eigenvalue weighted by Gasteiger charge is -2.34. The van der Waals surface area contributed by atoms with Gasteiger partial charge in [0.15, 0.2) is 0 Å². The molecule has 1 aromatic heterocycles. The molecule has 1 aliphatic rings. The van der Waals surface area contributed by atoms with E-state index in [0.717, 1.165) is 24.8 Å². The van der Waals surface area contributed by atoms with E-state index >= 15 is 0 Å². The quantitative estimate of drug-likeness (QED) is 0.786. The largest absolute Gasteiger partial charge is 0.338 e. The molecule has 0 saturated heterocycles. The molecule has 1 heterocycles. The SMILES string of the molecule is CCCNC(Cc1nccn1C)C1CCC(CCC)CC1. The van der Waals surface area contributed by atoms with Crippen LogP contribution in [0.1, 0.15) is 64.6 Å². The van der Waals surface area contributed by atoms with E-state index < -0.39 is 0 Å². The molecule has 3 nitrogen and oxygen atoms in total. The van der Waals surface area contributed by atoms with Crippen LogP contribution in [-0.4, -0.2) is 22.1 Å². The second-order valence-corrected chi connectivity index (χ2v) is 6.79. The first-order chi connectivity index (χ1) is 10.2. The van der Waals surface area contributed by atoms with E-state index in [9.17, 15) is 0 Å². The molecule has 0 bridgehead atoms. The fourth-order valence-electron chi connectivity index (χ4n) is 3.81. The Balaban J connectivity index is 1.91. The monoisotopic (exact) mass is 291 g/mol. The van der Waals surface area contributed by atoms with E-state index in [0.29, 0.717) is 6.04 Å². The van der Waals surface area contributed by atoms with Gasteiger partial charge in [-0.15, -0.1) is 0 Å². The molecule has 120 valence electrons. The number of aromatic nitrogens is 2. The minimum absolute atomic E-state index is 0.605. The summed E-state index contributed by atoms with van der Waals surface area (Å²) in [5.41, 5.74) is 0. The number of imidazole rings is 1. The maximum absolute atomic E-state index is 4.53. The van der Waals surface area contributed by atoms with Crippen LogP contribution in [-0.2, 0) is 13.5 Å². The summed E-state index contributed by atoms with van der Waals surface area (Å²) >= 11 is 0. The lowest BCUT2D eigenvalue weighted by Crippen LogP contribution is -2.40. The minimum Gasteiger partial charge on any atom is -0.338 e. The first-order valence-electron chi connectivity index (χ1n) is 8.94. The zero-order valence-electron chi connectivity index (χ0n) is 14.1. The number of nitrogens with zero attached hydrogens (tertiary/aromatic N) is 2. The van der Waals surface area contributed by atoms with Crippen LogP contribution in [0.3, 0.4) is 0 Å². The van der Waals surface area contributed by atoms with E-state index in [1.165, 1.54) is 50.8 Å². The van der Waals surface area contributed by atoms with Gasteiger partial charge >= 0.3 is 0 Å². The van der Waals surface area contributed by atoms with E-state index in [4.69, 9.17) is 0 Å². The average molecular weight is 291 g/mol. The van der Waals surface area contributed by atoms with Gasteiger partial charge in [-0.05, 0) is 37.6 Å². The van der Waals surface area contributed by atoms with E-state index in [1.54, 1.807) is 0 Å². The van der Waals surface area contributed by atoms with Gasteiger partial charge in [0.25, 0.3) is 0 Å². The zero-order valence-corrected chi connectivity index (χ0v) is 14.1. The highest BCUT2D eigenvalue weighted by Crippen LogP contribution is 2.34. The number of hydrogen-bond acceptors (Lipinski definition) is 2. The molecule has 0 radical (unpaired) electrons. The lowest BCUT2D eigenvalue weighted by molar-refractivity contribution is 0.210. The maximum atomic E-state index is 4.53. The second kappa shape index (κ2) is 8.57. The Morgan fingerprint density at radius 1 is 1.24 bits per heavy atom. The Bertz CT molecular complexity index is 391. The molecule has 1 fully saturated rings. The van der Waals surface area contributed by atoms with Crippen molar-refractivity contribution in [3.05, 3.63) is 18.2 Å². The lowest BCUT2D eigenvalue weighted by atomic mass is 9.76. The summed E-state index contributed by atoms with van der Waals surface area (Å²) in [7, 11) is 2.11. The average Bonchev–Trinajstić information content (AvgIpc) is 2.90. The summed E-state index contributed by atoms with van der Waals surface area (Å²) in [4.78, 5) is 4.53. The normalized spacial score (nSPS) is 24.1. The van der Waals surface area contributed by atoms with Crippen LogP contribution >= 0.6 is 0 Å². The highest BCUT2D eigenvalue weighted by Gasteiger charge is 2.27. The summed E-state index contributed by atoms with van der Waals surface area (Å²) in [5.74, 6) is 3.05. The summed E-state index contributed by atoms with van der Waals surface area (Å²) in [5, 5.41) is 3.80. The first kappa shape index (κ1) is 16.5. The predicted octanol–water partition coefficient (Wildman–Crippen LogP) is 3.94. The van der Waals surface area contributed by atoms with Crippen molar-refractivity contribution in [2.24, 2.45) is 18.9 Å². The fraction of sp³-hybridized carbons (Fsp3) is 0.833. The van der Waals surface area contributed by atoms with Gasteiger partial charge in [-0.3, -0.25) is 0 Å². The smallest absolute Gasteiger partial charge is 0.109 e. The molecule has 0 aromatic carbocycles. The predicted molar refractivity (Wildman–Crippen MR) is 89.3 cm³/mol. The molecule has 1 N–H and O–H groups in total. The number of aryl methyl sites for hydroxylation is 1. The van der Waals surface area contributed by atoms with Crippen LogP contribution in [0.2, 0.25) is 0 Å². The van der Waals surface area contributed by atoms with E-state index in [-0.39, 0.29) is 0 Å². The van der Waals surface area contributed by atoms with Crippen molar-refractivity contribution in [3.8, 4) is 0 Å². The summed E-state index contributed by atoms with van der Waals surface area (Å²) in [6.07, 6.45) is 14.7. The minimum atomic E-state index is 0.605. The molecule has 0 aliphatic heterocycles. The van der Waals surface area contributed by atoms with Gasteiger partial charge in [-0.2, -0.15) is 0 Å². The summed E-state index contributed by atoms with van der Waals surface area (Å²) < 4.78 is 2.17. The van der Waals surface area contributed by atoms with E-state index in [1.807, 2.05) is 6.20 Å². The van der Waals surface area contributed by atoms with Gasteiger partial charge in [-0.25, -0.2) is 4.98 Å². The molecule has 3 heteroatoms.